The standard InChI is InChI=1S/C18H24N2O4S2/c1-3-11-26(23,24)20(18(22)13(2)12-25)15(9-10-16(20)17(19)21)14-7-5-4-6-8-14/h3-8,13,15-16H,1,9-12H2,2H3,(H2-,19,21,25)/p+1/t13?,15?,16-,20?/m0/s1. The van der Waals surface area contributed by atoms with Crippen molar-refractivity contribution in [3.63, 3.8) is 0 Å². The molecular formula is C18H25N2O4S2+. The largest absolute Gasteiger partial charge is 0.364 e. The van der Waals surface area contributed by atoms with Crippen molar-refractivity contribution in [2.45, 2.75) is 31.8 Å². The molecule has 0 saturated carbocycles. The maximum Gasteiger partial charge on any atom is 0.333 e. The molecule has 0 radical (unpaired) electrons. The Hall–Kier alpha value is -1.64. The van der Waals surface area contributed by atoms with Gasteiger partial charge in [0.15, 0.2) is 6.04 Å². The summed E-state index contributed by atoms with van der Waals surface area (Å²) < 4.78 is 25.8. The highest BCUT2D eigenvalue weighted by atomic mass is 32.2. The number of nitrogens with two attached hydrogens (primary N) is 1. The first-order valence-electron chi connectivity index (χ1n) is 8.45. The minimum absolute atomic E-state index is 0.176. The van der Waals surface area contributed by atoms with E-state index in [-0.39, 0.29) is 12.2 Å². The highest BCUT2D eigenvalue weighted by molar-refractivity contribution is 7.86. The molecule has 0 bridgehead atoms. The van der Waals surface area contributed by atoms with E-state index in [1.54, 1.807) is 31.2 Å². The Bertz CT molecular complexity index is 795. The minimum atomic E-state index is -4.08. The van der Waals surface area contributed by atoms with Crippen LogP contribution in [0.5, 0.6) is 0 Å². The topological polar surface area (TPSA) is 94.3 Å². The van der Waals surface area contributed by atoms with Crippen molar-refractivity contribution in [3.8, 4) is 0 Å². The van der Waals surface area contributed by atoms with Gasteiger partial charge in [0.2, 0.25) is 0 Å². The van der Waals surface area contributed by atoms with Crippen molar-refractivity contribution in [1.29, 1.82) is 0 Å². The van der Waals surface area contributed by atoms with Gasteiger partial charge in [-0.05, 0) is 6.92 Å². The van der Waals surface area contributed by atoms with Gasteiger partial charge in [-0.25, -0.2) is 4.79 Å². The van der Waals surface area contributed by atoms with Gasteiger partial charge in [0.25, 0.3) is 5.91 Å². The van der Waals surface area contributed by atoms with Crippen LogP contribution in [0.2, 0.25) is 0 Å². The highest BCUT2D eigenvalue weighted by Crippen LogP contribution is 2.48. The molecule has 1 aliphatic rings. The lowest BCUT2D eigenvalue weighted by Crippen LogP contribution is -2.66. The summed E-state index contributed by atoms with van der Waals surface area (Å²) in [6.45, 7) is 5.13. The van der Waals surface area contributed by atoms with Crippen LogP contribution >= 0.6 is 12.6 Å². The molecule has 1 heterocycles. The molecule has 4 atom stereocenters. The third-order valence-corrected chi connectivity index (χ3v) is 7.80. The maximum atomic E-state index is 13.4. The monoisotopic (exact) mass is 397 g/mol. The quantitative estimate of drug-likeness (QED) is 0.417. The molecule has 2 N–H and O–H groups in total. The summed E-state index contributed by atoms with van der Waals surface area (Å²) in [5.74, 6) is -2.21. The van der Waals surface area contributed by atoms with Gasteiger partial charge in [-0.2, -0.15) is 21.0 Å². The van der Waals surface area contributed by atoms with Crippen LogP contribution in [0.4, 0.5) is 0 Å². The zero-order chi connectivity index (χ0) is 19.5. The van der Waals surface area contributed by atoms with E-state index < -0.39 is 49.5 Å². The summed E-state index contributed by atoms with van der Waals surface area (Å²) in [5, 5.41) is 0. The Morgan fingerprint density at radius 3 is 2.46 bits per heavy atom. The van der Waals surface area contributed by atoms with Gasteiger partial charge in [0, 0.05) is 24.2 Å². The fourth-order valence-corrected chi connectivity index (χ4v) is 6.20. The Morgan fingerprint density at radius 2 is 1.96 bits per heavy atom. The van der Waals surface area contributed by atoms with Gasteiger partial charge in [-0.15, -0.1) is 10.5 Å². The van der Waals surface area contributed by atoms with E-state index in [9.17, 15) is 18.0 Å². The fourth-order valence-electron chi connectivity index (χ4n) is 3.84. The molecule has 0 spiro atoms. The summed E-state index contributed by atoms with van der Waals surface area (Å²) in [6, 6.07) is 7.14. The second kappa shape index (κ2) is 7.94. The smallest absolute Gasteiger partial charge is 0.333 e. The minimum Gasteiger partial charge on any atom is -0.364 e. The summed E-state index contributed by atoms with van der Waals surface area (Å²) in [4.78, 5) is 25.6. The van der Waals surface area contributed by atoms with Gasteiger partial charge in [-0.1, -0.05) is 36.4 Å². The Labute approximate surface area is 160 Å². The number of hydrogen-bond donors (Lipinski definition) is 2. The van der Waals surface area contributed by atoms with Crippen molar-refractivity contribution < 1.29 is 21.9 Å². The summed E-state index contributed by atoms with van der Waals surface area (Å²) in [6.07, 6.45) is 1.85. The molecule has 0 aliphatic carbocycles. The summed E-state index contributed by atoms with van der Waals surface area (Å²) in [5.41, 5.74) is 6.27. The Morgan fingerprint density at radius 1 is 1.35 bits per heavy atom. The Kier molecular flexibility index (Phi) is 6.31. The Balaban J connectivity index is 2.81. The second-order valence-electron chi connectivity index (χ2n) is 6.59. The van der Waals surface area contributed by atoms with Crippen molar-refractivity contribution in [3.05, 3.63) is 48.6 Å². The number of carbonyl (C=O) groups excluding carboxylic acids is 2. The van der Waals surface area contributed by atoms with E-state index in [4.69, 9.17) is 5.73 Å². The van der Waals surface area contributed by atoms with Gasteiger partial charge in [0.1, 0.15) is 11.8 Å². The van der Waals surface area contributed by atoms with Crippen molar-refractivity contribution in [2.24, 2.45) is 11.7 Å². The number of quaternary nitrogens is 1. The van der Waals surface area contributed by atoms with Gasteiger partial charge >= 0.3 is 15.9 Å². The first kappa shape index (κ1) is 20.7. The molecule has 142 valence electrons. The molecule has 1 aromatic carbocycles. The van der Waals surface area contributed by atoms with Crippen LogP contribution in [0.25, 0.3) is 0 Å². The first-order chi connectivity index (χ1) is 12.2. The second-order valence-corrected chi connectivity index (χ2v) is 9.06. The third-order valence-electron chi connectivity index (χ3n) is 4.98. The molecule has 2 amide bonds. The molecule has 26 heavy (non-hydrogen) atoms. The van der Waals surface area contributed by atoms with Gasteiger partial charge in [-0.3, -0.25) is 4.79 Å². The molecule has 6 nitrogen and oxygen atoms in total. The number of rotatable bonds is 7. The van der Waals surface area contributed by atoms with E-state index >= 15 is 0 Å². The van der Waals surface area contributed by atoms with Crippen LogP contribution in [0.3, 0.4) is 0 Å². The van der Waals surface area contributed by atoms with Crippen LogP contribution in [0.1, 0.15) is 31.4 Å². The summed E-state index contributed by atoms with van der Waals surface area (Å²) >= 11 is 4.17. The molecule has 8 heteroatoms. The molecule has 1 aromatic rings. The van der Waals surface area contributed by atoms with Gasteiger partial charge < -0.3 is 5.73 Å². The van der Waals surface area contributed by atoms with Crippen LogP contribution in [0.15, 0.2) is 43.0 Å². The number of likely N-dealkylation sites (tertiary alicyclic amines) is 1. The van der Waals surface area contributed by atoms with E-state index in [0.29, 0.717) is 12.0 Å². The zero-order valence-electron chi connectivity index (χ0n) is 14.7. The average molecular weight is 398 g/mol. The fraction of sp³-hybridized carbons (Fsp3) is 0.444. The first-order valence-corrected chi connectivity index (χ1v) is 10.7. The van der Waals surface area contributed by atoms with Crippen LogP contribution in [-0.4, -0.2) is 41.7 Å². The third kappa shape index (κ3) is 3.21. The van der Waals surface area contributed by atoms with Crippen LogP contribution < -0.4 is 5.73 Å². The van der Waals surface area contributed by atoms with E-state index in [1.807, 2.05) is 6.07 Å². The van der Waals surface area contributed by atoms with E-state index in [0.717, 1.165) is 0 Å². The molecule has 1 aliphatic heterocycles. The SMILES string of the molecule is C=CCS(=O)(=O)[N+]1(C(=O)C(C)CS)C(c2ccccc2)CC[C@H]1C(N)=O. The van der Waals surface area contributed by atoms with Gasteiger partial charge in [0.05, 0.1) is 5.92 Å². The summed E-state index contributed by atoms with van der Waals surface area (Å²) in [7, 11) is -4.08. The lowest BCUT2D eigenvalue weighted by atomic mass is 10.0. The highest BCUT2D eigenvalue weighted by Gasteiger charge is 2.65. The number of carbonyl (C=O) groups is 2. The van der Waals surface area contributed by atoms with Crippen molar-refractivity contribution >= 4 is 34.5 Å². The number of sulfonamides is 1. The molecule has 3 unspecified atom stereocenters. The molecule has 0 aromatic heterocycles. The zero-order valence-corrected chi connectivity index (χ0v) is 16.5. The number of nitrogens with zero attached hydrogens (tertiary/aromatic N) is 1. The van der Waals surface area contributed by atoms with E-state index in [1.165, 1.54) is 6.08 Å². The number of thiol groups is 1. The van der Waals surface area contributed by atoms with Crippen molar-refractivity contribution in [2.75, 3.05) is 11.5 Å². The van der Waals surface area contributed by atoms with Crippen LogP contribution in [0, 0.1) is 5.92 Å². The van der Waals surface area contributed by atoms with Crippen molar-refractivity contribution in [1.82, 2.24) is 0 Å². The van der Waals surface area contributed by atoms with E-state index in [2.05, 4.69) is 19.2 Å². The lowest BCUT2D eigenvalue weighted by Gasteiger charge is -2.40. The number of primary amides is 1. The van der Waals surface area contributed by atoms with Crippen LogP contribution in [-0.2, 0) is 19.6 Å². The predicted molar refractivity (Wildman–Crippen MR) is 104 cm³/mol. The maximum absolute atomic E-state index is 13.4. The average Bonchev–Trinajstić information content (AvgIpc) is 3.03. The number of hydrogen-bond acceptors (Lipinski definition) is 5. The molecular weight excluding hydrogens is 372 g/mol. The lowest BCUT2D eigenvalue weighted by molar-refractivity contribution is -0.766. The number of amides is 2. The molecule has 2 rings (SSSR count). The molecule has 1 saturated heterocycles. The number of benzene rings is 1. The normalized spacial score (nSPS) is 27.0. The predicted octanol–water partition coefficient (Wildman–Crippen LogP) is 1.80. The molecule has 1 fully saturated rings.